The number of hydrogen-bond acceptors (Lipinski definition) is 2. The largest absolute Gasteiger partial charge is 0.435 e. The summed E-state index contributed by atoms with van der Waals surface area (Å²) >= 11 is 4.76. The van der Waals surface area contributed by atoms with E-state index in [4.69, 9.17) is 16.3 Å². The van der Waals surface area contributed by atoms with Crippen LogP contribution in [-0.2, 0) is 9.53 Å². The van der Waals surface area contributed by atoms with Crippen molar-refractivity contribution >= 4 is 17.6 Å². The van der Waals surface area contributed by atoms with Gasteiger partial charge in [0.15, 0.2) is 0 Å². The molecule has 0 N–H and O–H groups in total. The maximum absolute atomic E-state index is 11.2. The molecule has 2 nitrogen and oxygen atoms in total. The van der Waals surface area contributed by atoms with Crippen LogP contribution in [0.2, 0.25) is 0 Å². The molecule has 0 aliphatic carbocycles. The molecule has 0 aromatic rings. The summed E-state index contributed by atoms with van der Waals surface area (Å²) in [5.74, 6) is -0.145. The minimum Gasteiger partial charge on any atom is -0.435 e. The van der Waals surface area contributed by atoms with Gasteiger partial charge in [0, 0.05) is 6.42 Å². The Morgan fingerprint density at radius 3 is 1.06 bits per heavy atom. The third kappa shape index (κ3) is 36.0. The molecule has 0 aliphatic heterocycles. The summed E-state index contributed by atoms with van der Waals surface area (Å²) in [5, 5.41) is 0. The first-order chi connectivity index (χ1) is 16.2. The van der Waals surface area contributed by atoms with Gasteiger partial charge in [-0.3, -0.25) is 4.79 Å². The van der Waals surface area contributed by atoms with Crippen LogP contribution in [0, 0.1) is 0 Å². The van der Waals surface area contributed by atoms with Gasteiger partial charge in [-0.2, -0.15) is 0 Å². The van der Waals surface area contributed by atoms with Crippen LogP contribution in [0.25, 0.3) is 0 Å². The third-order valence-electron chi connectivity index (χ3n) is 6.20. The monoisotopic (exact) mass is 484 g/mol. The van der Waals surface area contributed by atoms with E-state index in [1.807, 2.05) is 0 Å². The molecule has 33 heavy (non-hydrogen) atoms. The van der Waals surface area contributed by atoms with Gasteiger partial charge in [-0.15, -0.1) is 0 Å². The Labute approximate surface area is 213 Å². The Morgan fingerprint density at radius 2 is 0.818 bits per heavy atom. The molecule has 0 heterocycles. The maximum atomic E-state index is 11.2. The van der Waals surface area contributed by atoms with Crippen LogP contribution in [0.5, 0.6) is 0 Å². The summed E-state index contributed by atoms with van der Waals surface area (Å²) in [4.78, 5) is 11.2. The van der Waals surface area contributed by atoms with Gasteiger partial charge in [0.05, 0.1) is 6.26 Å². The predicted molar refractivity (Wildman–Crippen MR) is 149 cm³/mol. The van der Waals surface area contributed by atoms with Crippen LogP contribution < -0.4 is 0 Å². The van der Waals surface area contributed by atoms with E-state index in [9.17, 15) is 4.79 Å². The second-order valence-corrected chi connectivity index (χ2v) is 9.65. The highest BCUT2D eigenvalue weighted by atomic mass is 35.5. The number of unbranched alkanes of at least 4 members (excludes halogenated alkanes) is 22. The maximum Gasteiger partial charge on any atom is 0.310 e. The van der Waals surface area contributed by atoms with E-state index in [0.717, 1.165) is 12.8 Å². The lowest BCUT2D eigenvalue weighted by Gasteiger charge is -2.04. The van der Waals surface area contributed by atoms with Crippen LogP contribution in [0.1, 0.15) is 161 Å². The van der Waals surface area contributed by atoms with Crippen molar-refractivity contribution in [3.05, 3.63) is 25.0 Å². The molecule has 0 aliphatic rings. The fourth-order valence-electron chi connectivity index (χ4n) is 4.21. The van der Waals surface area contributed by atoms with Crippen LogP contribution in [0.3, 0.4) is 0 Å². The van der Waals surface area contributed by atoms with Crippen molar-refractivity contribution in [1.29, 1.82) is 0 Å². The molecule has 0 spiro atoms. The first-order valence-corrected chi connectivity index (χ1v) is 14.7. The summed E-state index contributed by atoms with van der Waals surface area (Å²) in [6.07, 6.45) is 33.7. The van der Waals surface area contributed by atoms with E-state index in [1.165, 1.54) is 147 Å². The van der Waals surface area contributed by atoms with Gasteiger partial charge < -0.3 is 4.74 Å². The number of carbonyl (C=O) groups is 1. The van der Waals surface area contributed by atoms with Gasteiger partial charge in [-0.05, 0) is 12.0 Å². The third-order valence-corrected chi connectivity index (χ3v) is 6.20. The highest BCUT2D eigenvalue weighted by Crippen LogP contribution is 2.15. The lowest BCUT2D eigenvalue weighted by atomic mass is 10.0. The predicted octanol–water partition coefficient (Wildman–Crippen LogP) is 11.4. The first kappa shape index (κ1) is 34.4. The average Bonchev–Trinajstić information content (AvgIpc) is 2.80. The molecule has 0 aromatic carbocycles. The van der Waals surface area contributed by atoms with Gasteiger partial charge in [-0.1, -0.05) is 173 Å². The van der Waals surface area contributed by atoms with Gasteiger partial charge in [-0.25, -0.2) is 0 Å². The van der Waals surface area contributed by atoms with E-state index in [-0.39, 0.29) is 5.97 Å². The highest BCUT2D eigenvalue weighted by Gasteiger charge is 2.00. The molecule has 0 unspecified atom stereocenters. The SMILES string of the molecule is C=CCl.C=COC(=O)CCCCCCCCCCCCCCCCCCCCCCCCC. The highest BCUT2D eigenvalue weighted by molar-refractivity contribution is 6.25. The number of hydrogen-bond donors (Lipinski definition) is 0. The molecule has 0 fully saturated rings. The lowest BCUT2D eigenvalue weighted by Crippen LogP contribution is -1.98. The second kappa shape index (κ2) is 33.4. The zero-order valence-electron chi connectivity index (χ0n) is 22.2. The van der Waals surface area contributed by atoms with Crippen molar-refractivity contribution in [1.82, 2.24) is 0 Å². The van der Waals surface area contributed by atoms with E-state index < -0.39 is 0 Å². The van der Waals surface area contributed by atoms with Crippen LogP contribution in [0.15, 0.2) is 25.0 Å². The molecule has 0 rings (SSSR count). The topological polar surface area (TPSA) is 26.3 Å². The fourth-order valence-corrected chi connectivity index (χ4v) is 4.21. The first-order valence-electron chi connectivity index (χ1n) is 14.2. The molecular formula is C30H57ClO2. The van der Waals surface area contributed by atoms with E-state index in [1.54, 1.807) is 0 Å². The van der Waals surface area contributed by atoms with Crippen molar-refractivity contribution < 1.29 is 9.53 Å². The summed E-state index contributed by atoms with van der Waals surface area (Å²) in [6, 6.07) is 0. The average molecular weight is 485 g/mol. The summed E-state index contributed by atoms with van der Waals surface area (Å²) in [7, 11) is 0. The minimum absolute atomic E-state index is 0.145. The fraction of sp³-hybridized carbons (Fsp3) is 0.833. The molecule has 0 aromatic heterocycles. The number of ether oxygens (including phenoxy) is 1. The van der Waals surface area contributed by atoms with E-state index in [0.29, 0.717) is 6.42 Å². The quantitative estimate of drug-likeness (QED) is 0.0730. The Balaban J connectivity index is 0. The molecular weight excluding hydrogens is 428 g/mol. The van der Waals surface area contributed by atoms with Crippen LogP contribution >= 0.6 is 11.6 Å². The summed E-state index contributed by atoms with van der Waals surface area (Å²) in [6.45, 7) is 8.82. The zero-order chi connectivity index (χ0) is 24.7. The van der Waals surface area contributed by atoms with Gasteiger partial charge >= 0.3 is 5.97 Å². The molecule has 0 atom stereocenters. The molecule has 0 radical (unpaired) electrons. The van der Waals surface area contributed by atoms with Crippen LogP contribution in [-0.4, -0.2) is 5.97 Å². The molecule has 3 heteroatoms. The second-order valence-electron chi connectivity index (χ2n) is 9.34. The van der Waals surface area contributed by atoms with Gasteiger partial charge in [0.2, 0.25) is 0 Å². The van der Waals surface area contributed by atoms with Crippen molar-refractivity contribution in [2.75, 3.05) is 0 Å². The molecule has 0 saturated heterocycles. The minimum atomic E-state index is -0.145. The number of carbonyl (C=O) groups excluding carboxylic acids is 1. The van der Waals surface area contributed by atoms with Gasteiger partial charge in [0.25, 0.3) is 0 Å². The smallest absolute Gasteiger partial charge is 0.310 e. The zero-order valence-corrected chi connectivity index (χ0v) is 23.0. The van der Waals surface area contributed by atoms with Crippen molar-refractivity contribution in [2.45, 2.75) is 161 Å². The Hall–Kier alpha value is -0.760. The van der Waals surface area contributed by atoms with Crippen molar-refractivity contribution in [2.24, 2.45) is 0 Å². The standard InChI is InChI=1S/C28H54O2.C2H3Cl/c1-3-5-6-7-8-9-10-11-12-13-14-15-16-17-18-19-20-21-22-23-24-25-26-27-28(29)30-4-2;1-2-3/h4H,2-3,5-27H2,1H3;2H,1H2. The normalized spacial score (nSPS) is 10.4. The molecule has 0 saturated carbocycles. The van der Waals surface area contributed by atoms with Crippen molar-refractivity contribution in [3.8, 4) is 0 Å². The Morgan fingerprint density at radius 1 is 0.576 bits per heavy atom. The van der Waals surface area contributed by atoms with Crippen molar-refractivity contribution in [3.63, 3.8) is 0 Å². The lowest BCUT2D eigenvalue weighted by molar-refractivity contribution is -0.138. The van der Waals surface area contributed by atoms with Crippen LogP contribution in [0.4, 0.5) is 0 Å². The van der Waals surface area contributed by atoms with E-state index >= 15 is 0 Å². The number of rotatable bonds is 25. The molecule has 0 bridgehead atoms. The Kier molecular flexibility index (Phi) is 34.8. The number of halogens is 1. The number of esters is 1. The van der Waals surface area contributed by atoms with Gasteiger partial charge in [0.1, 0.15) is 0 Å². The Bertz CT molecular complexity index is 395. The molecule has 0 amide bonds. The summed E-state index contributed by atoms with van der Waals surface area (Å²) < 4.78 is 4.72. The van der Waals surface area contributed by atoms with E-state index in [2.05, 4.69) is 20.1 Å². The summed E-state index contributed by atoms with van der Waals surface area (Å²) in [5.41, 5.74) is 1.22. The molecule has 196 valence electrons.